The number of carbonyl (C=O) groups excluding carboxylic acids is 1. The van der Waals surface area contributed by atoms with Crippen molar-refractivity contribution in [3.05, 3.63) is 11.9 Å². The van der Waals surface area contributed by atoms with E-state index in [-0.39, 0.29) is 5.91 Å². The zero-order valence-corrected chi connectivity index (χ0v) is 6.93. The Bertz CT molecular complexity index is 272. The van der Waals surface area contributed by atoms with E-state index in [1.54, 1.807) is 11.8 Å². The van der Waals surface area contributed by atoms with Gasteiger partial charge in [-0.25, -0.2) is 4.39 Å². The molecule has 0 saturated carbocycles. The molecule has 1 saturated heterocycles. The average Bonchev–Trinajstić information content (AvgIpc) is 2.52. The van der Waals surface area contributed by atoms with Crippen LogP contribution in [-0.4, -0.2) is 23.9 Å². The first kappa shape index (κ1) is 8.79. The van der Waals surface area contributed by atoms with E-state index in [1.165, 1.54) is 0 Å². The summed E-state index contributed by atoms with van der Waals surface area (Å²) in [5.41, 5.74) is 0.668. The fourth-order valence-corrected chi connectivity index (χ4v) is 1.13. The zero-order valence-electron chi connectivity index (χ0n) is 6.93. The maximum Gasteiger partial charge on any atom is 0.298 e. The minimum absolute atomic E-state index is 0.214. The third-order valence-corrected chi connectivity index (χ3v) is 1.77. The Morgan fingerprint density at radius 3 is 3.00 bits per heavy atom. The number of hydrogen-bond donors (Lipinski definition) is 0. The molecule has 0 atom stereocenters. The lowest BCUT2D eigenvalue weighted by atomic mass is 10.3. The van der Waals surface area contributed by atoms with E-state index in [0.717, 1.165) is 0 Å². The minimum atomic E-state index is -0.214. The van der Waals surface area contributed by atoms with Crippen molar-refractivity contribution in [3.8, 4) is 11.8 Å². The Balaban J connectivity index is 2.56. The van der Waals surface area contributed by atoms with Gasteiger partial charge in [0.05, 0.1) is 6.33 Å². The van der Waals surface area contributed by atoms with E-state index >= 15 is 0 Å². The third kappa shape index (κ3) is 1.85. The molecule has 0 aromatic rings. The molecule has 0 aromatic heterocycles. The molecule has 2 nitrogen and oxygen atoms in total. The van der Waals surface area contributed by atoms with E-state index in [9.17, 15) is 9.18 Å². The zero-order chi connectivity index (χ0) is 8.97. The number of hydrogen-bond acceptors (Lipinski definition) is 1. The van der Waals surface area contributed by atoms with Crippen LogP contribution < -0.4 is 0 Å². The molecule has 3 heteroatoms. The lowest BCUT2D eigenvalue weighted by molar-refractivity contribution is -0.123. The van der Waals surface area contributed by atoms with Crippen molar-refractivity contribution in [2.45, 2.75) is 13.3 Å². The van der Waals surface area contributed by atoms with Gasteiger partial charge in [0.2, 0.25) is 0 Å². The van der Waals surface area contributed by atoms with E-state index in [1.807, 2.05) is 0 Å². The van der Waals surface area contributed by atoms with Crippen molar-refractivity contribution in [3.63, 3.8) is 0 Å². The molecule has 0 unspecified atom stereocenters. The van der Waals surface area contributed by atoms with Gasteiger partial charge in [0.15, 0.2) is 0 Å². The fourth-order valence-electron chi connectivity index (χ4n) is 1.13. The normalized spacial score (nSPS) is 19.2. The molecular weight excluding hydrogens is 157 g/mol. The van der Waals surface area contributed by atoms with Crippen LogP contribution in [0.5, 0.6) is 0 Å². The van der Waals surface area contributed by atoms with Gasteiger partial charge in [-0.2, -0.15) is 0 Å². The maximum absolute atomic E-state index is 12.0. The summed E-state index contributed by atoms with van der Waals surface area (Å²) < 4.78 is 12.0. The second kappa shape index (κ2) is 3.91. The summed E-state index contributed by atoms with van der Waals surface area (Å²) in [6.45, 7) is 2.59. The van der Waals surface area contributed by atoms with Crippen molar-refractivity contribution in [2.75, 3.05) is 13.1 Å². The Kier molecular flexibility index (Phi) is 2.87. The molecule has 0 N–H and O–H groups in total. The molecule has 0 radical (unpaired) electrons. The largest absolute Gasteiger partial charge is 0.327 e. The number of rotatable bonds is 0. The van der Waals surface area contributed by atoms with Crippen LogP contribution in [0.15, 0.2) is 11.9 Å². The van der Waals surface area contributed by atoms with Crippen molar-refractivity contribution in [1.82, 2.24) is 4.90 Å². The highest BCUT2D eigenvalue weighted by molar-refractivity contribution is 5.93. The second-order valence-corrected chi connectivity index (χ2v) is 2.62. The molecule has 0 bridgehead atoms. The molecule has 0 spiro atoms. The van der Waals surface area contributed by atoms with Gasteiger partial charge in [-0.1, -0.05) is 5.92 Å². The summed E-state index contributed by atoms with van der Waals surface area (Å²) in [6, 6.07) is 0. The van der Waals surface area contributed by atoms with Crippen molar-refractivity contribution in [2.24, 2.45) is 0 Å². The first-order valence-corrected chi connectivity index (χ1v) is 3.77. The first-order valence-electron chi connectivity index (χ1n) is 3.77. The minimum Gasteiger partial charge on any atom is -0.327 e. The molecule has 1 heterocycles. The highest BCUT2D eigenvalue weighted by atomic mass is 19.1. The number of amides is 1. The predicted octanol–water partition coefficient (Wildman–Crippen LogP) is 1.10. The predicted molar refractivity (Wildman–Crippen MR) is 43.8 cm³/mol. The standard InChI is InChI=1S/C9H10FNO/c1-2-3-9(12)11-5-4-8(6-10)7-11/h6H,4-5,7H2,1H3/b8-6-. The van der Waals surface area contributed by atoms with E-state index < -0.39 is 0 Å². The van der Waals surface area contributed by atoms with Crippen LogP contribution in [0, 0.1) is 11.8 Å². The van der Waals surface area contributed by atoms with E-state index in [2.05, 4.69) is 11.8 Å². The summed E-state index contributed by atoms with van der Waals surface area (Å²) in [5, 5.41) is 0. The molecule has 1 amide bonds. The highest BCUT2D eigenvalue weighted by Crippen LogP contribution is 2.14. The first-order chi connectivity index (χ1) is 5.77. The van der Waals surface area contributed by atoms with E-state index in [0.29, 0.717) is 31.4 Å². The summed E-state index contributed by atoms with van der Waals surface area (Å²) in [6.07, 6.45) is 1.21. The molecular formula is C9H10FNO. The SMILES string of the molecule is CC#CC(=O)N1CC/C(=C/F)C1. The summed E-state index contributed by atoms with van der Waals surface area (Å²) in [5.74, 6) is 4.73. The molecule has 0 aliphatic carbocycles. The monoisotopic (exact) mass is 167 g/mol. The summed E-state index contributed by atoms with van der Waals surface area (Å²) in [7, 11) is 0. The van der Waals surface area contributed by atoms with Gasteiger partial charge in [0, 0.05) is 13.1 Å². The van der Waals surface area contributed by atoms with Gasteiger partial charge in [-0.15, -0.1) is 0 Å². The number of halogens is 1. The maximum atomic E-state index is 12.0. The molecule has 64 valence electrons. The number of nitrogens with zero attached hydrogens (tertiary/aromatic N) is 1. The van der Waals surface area contributed by atoms with Crippen LogP contribution in [0.3, 0.4) is 0 Å². The fraction of sp³-hybridized carbons (Fsp3) is 0.444. The van der Waals surface area contributed by atoms with Gasteiger partial charge in [-0.3, -0.25) is 4.79 Å². The van der Waals surface area contributed by atoms with Crippen LogP contribution in [0.25, 0.3) is 0 Å². The molecule has 1 aliphatic heterocycles. The van der Waals surface area contributed by atoms with Gasteiger partial charge in [-0.05, 0) is 24.8 Å². The lowest BCUT2D eigenvalue weighted by Gasteiger charge is -2.09. The third-order valence-electron chi connectivity index (χ3n) is 1.77. The molecule has 1 fully saturated rings. The van der Waals surface area contributed by atoms with Gasteiger partial charge >= 0.3 is 0 Å². The molecule has 12 heavy (non-hydrogen) atoms. The lowest BCUT2D eigenvalue weighted by Crippen LogP contribution is -2.26. The Morgan fingerprint density at radius 1 is 1.75 bits per heavy atom. The van der Waals surface area contributed by atoms with Crippen molar-refractivity contribution >= 4 is 5.91 Å². The van der Waals surface area contributed by atoms with Gasteiger partial charge in [0.25, 0.3) is 5.91 Å². The van der Waals surface area contributed by atoms with Crippen LogP contribution in [0.2, 0.25) is 0 Å². The quantitative estimate of drug-likeness (QED) is 0.495. The summed E-state index contributed by atoms with van der Waals surface area (Å²) >= 11 is 0. The molecule has 0 aromatic carbocycles. The smallest absolute Gasteiger partial charge is 0.298 e. The van der Waals surface area contributed by atoms with Crippen LogP contribution in [0.1, 0.15) is 13.3 Å². The molecule has 1 rings (SSSR count). The number of carbonyl (C=O) groups is 1. The average molecular weight is 167 g/mol. The summed E-state index contributed by atoms with van der Waals surface area (Å²) in [4.78, 5) is 12.7. The van der Waals surface area contributed by atoms with Crippen molar-refractivity contribution in [1.29, 1.82) is 0 Å². The Morgan fingerprint density at radius 2 is 2.50 bits per heavy atom. The Hall–Kier alpha value is -1.30. The second-order valence-electron chi connectivity index (χ2n) is 2.62. The van der Waals surface area contributed by atoms with Crippen LogP contribution in [0.4, 0.5) is 4.39 Å². The highest BCUT2D eigenvalue weighted by Gasteiger charge is 2.19. The topological polar surface area (TPSA) is 20.3 Å². The number of likely N-dealkylation sites (tertiary alicyclic amines) is 1. The van der Waals surface area contributed by atoms with E-state index in [4.69, 9.17) is 0 Å². The van der Waals surface area contributed by atoms with Crippen molar-refractivity contribution < 1.29 is 9.18 Å². The molecule has 1 aliphatic rings. The van der Waals surface area contributed by atoms with Gasteiger partial charge < -0.3 is 4.90 Å². The van der Waals surface area contributed by atoms with Crippen LogP contribution >= 0.6 is 0 Å². The Labute approximate surface area is 71.0 Å². The van der Waals surface area contributed by atoms with Crippen LogP contribution in [-0.2, 0) is 4.79 Å². The van der Waals surface area contributed by atoms with Gasteiger partial charge in [0.1, 0.15) is 0 Å².